The molecule has 5 rings (SSSR count). The van der Waals surface area contributed by atoms with Crippen molar-refractivity contribution in [1.29, 1.82) is 0 Å². The van der Waals surface area contributed by atoms with Gasteiger partial charge in [-0.1, -0.05) is 30.3 Å². The highest BCUT2D eigenvalue weighted by atomic mass is 32.1. The molecule has 0 aliphatic carbocycles. The molecule has 0 aliphatic rings. The maximum atomic E-state index is 13.4. The van der Waals surface area contributed by atoms with Gasteiger partial charge in [-0.2, -0.15) is 0 Å². The van der Waals surface area contributed by atoms with Crippen molar-refractivity contribution in [2.24, 2.45) is 0 Å². The quantitative estimate of drug-likeness (QED) is 0.287. The lowest BCUT2D eigenvalue weighted by molar-refractivity contribution is -0.117. The molecule has 170 valence electrons. The molecular formula is C26H20F2N4OS. The third kappa shape index (κ3) is 4.40. The van der Waals surface area contributed by atoms with E-state index in [1.165, 1.54) is 23.5 Å². The predicted octanol–water partition coefficient (Wildman–Crippen LogP) is 6.39. The van der Waals surface area contributed by atoms with Crippen molar-refractivity contribution < 1.29 is 13.6 Å². The van der Waals surface area contributed by atoms with Gasteiger partial charge >= 0.3 is 0 Å². The van der Waals surface area contributed by atoms with E-state index in [9.17, 15) is 13.6 Å². The Morgan fingerprint density at radius 3 is 2.65 bits per heavy atom. The fourth-order valence-corrected chi connectivity index (χ4v) is 4.58. The standard InChI is InChI=1S/C26H20F2N4OS/c27-15-24(33)30-22-7-2-1-6-21(22)18-4-3-5-20(14-18)29-16-23-25(17-8-10-19(28)11-9-17)31-26-32(23)12-13-34-26/h1-14,29H,15-16H2,(H,30,33). The van der Waals surface area contributed by atoms with Gasteiger partial charge < -0.3 is 10.6 Å². The lowest BCUT2D eigenvalue weighted by atomic mass is 10.0. The van der Waals surface area contributed by atoms with Crippen molar-refractivity contribution in [3.8, 4) is 22.4 Å². The predicted molar refractivity (Wildman–Crippen MR) is 132 cm³/mol. The van der Waals surface area contributed by atoms with Gasteiger partial charge in [-0.05, 0) is 48.0 Å². The summed E-state index contributed by atoms with van der Waals surface area (Å²) in [6.07, 6.45) is 1.97. The molecule has 0 saturated heterocycles. The van der Waals surface area contributed by atoms with Crippen LogP contribution in [0.15, 0.2) is 84.4 Å². The zero-order valence-corrected chi connectivity index (χ0v) is 18.8. The monoisotopic (exact) mass is 474 g/mol. The van der Waals surface area contributed by atoms with E-state index < -0.39 is 12.6 Å². The van der Waals surface area contributed by atoms with Crippen LogP contribution in [0.4, 0.5) is 20.2 Å². The number of carbonyl (C=O) groups excluding carboxylic acids is 1. The molecule has 1 amide bonds. The number of alkyl halides is 1. The number of nitrogens with one attached hydrogen (secondary N) is 2. The summed E-state index contributed by atoms with van der Waals surface area (Å²) in [5, 5.41) is 8.04. The second kappa shape index (κ2) is 9.44. The Labute approximate surface area is 198 Å². The second-order valence-corrected chi connectivity index (χ2v) is 8.50. The number of nitrogens with zero attached hydrogens (tertiary/aromatic N) is 2. The van der Waals surface area contributed by atoms with Crippen LogP contribution in [0.5, 0.6) is 0 Å². The van der Waals surface area contributed by atoms with Crippen molar-refractivity contribution in [3.63, 3.8) is 0 Å². The van der Waals surface area contributed by atoms with Crippen molar-refractivity contribution >= 4 is 33.6 Å². The van der Waals surface area contributed by atoms with Gasteiger partial charge in [-0.25, -0.2) is 13.8 Å². The molecule has 0 bridgehead atoms. The Kier molecular flexibility index (Phi) is 6.05. The molecule has 2 heterocycles. The molecule has 0 radical (unpaired) electrons. The summed E-state index contributed by atoms with van der Waals surface area (Å²) in [5.74, 6) is -0.972. The normalized spacial score (nSPS) is 11.0. The number of fused-ring (bicyclic) bond motifs is 1. The molecule has 3 aromatic carbocycles. The van der Waals surface area contributed by atoms with Crippen LogP contribution in [-0.2, 0) is 11.3 Å². The summed E-state index contributed by atoms with van der Waals surface area (Å²) in [7, 11) is 0. The molecule has 5 aromatic rings. The number of imidazole rings is 1. The molecule has 0 unspecified atom stereocenters. The van der Waals surface area contributed by atoms with Crippen LogP contribution in [0.1, 0.15) is 5.69 Å². The van der Waals surface area contributed by atoms with E-state index in [4.69, 9.17) is 4.98 Å². The topological polar surface area (TPSA) is 58.4 Å². The average Bonchev–Trinajstić information content (AvgIpc) is 3.45. The number of para-hydroxylation sites is 1. The molecule has 5 nitrogen and oxygen atoms in total. The molecule has 8 heteroatoms. The van der Waals surface area contributed by atoms with E-state index in [1.54, 1.807) is 24.3 Å². The van der Waals surface area contributed by atoms with Crippen molar-refractivity contribution in [1.82, 2.24) is 9.38 Å². The minimum absolute atomic E-state index is 0.288. The minimum atomic E-state index is -1.07. The van der Waals surface area contributed by atoms with E-state index in [-0.39, 0.29) is 5.82 Å². The number of hydrogen-bond acceptors (Lipinski definition) is 4. The molecule has 2 aromatic heterocycles. The highest BCUT2D eigenvalue weighted by Crippen LogP contribution is 2.31. The molecule has 0 atom stereocenters. The first-order valence-corrected chi connectivity index (χ1v) is 11.5. The number of hydrogen-bond donors (Lipinski definition) is 2. The van der Waals surface area contributed by atoms with Gasteiger partial charge in [-0.15, -0.1) is 11.3 Å². The summed E-state index contributed by atoms with van der Waals surface area (Å²) >= 11 is 1.54. The minimum Gasteiger partial charge on any atom is -0.379 e. The zero-order chi connectivity index (χ0) is 23.5. The molecule has 34 heavy (non-hydrogen) atoms. The number of carbonyl (C=O) groups is 1. The molecular weight excluding hydrogens is 454 g/mol. The van der Waals surface area contributed by atoms with Gasteiger partial charge in [0, 0.05) is 34.1 Å². The molecule has 2 N–H and O–H groups in total. The lowest BCUT2D eigenvalue weighted by Crippen LogP contribution is -2.13. The van der Waals surface area contributed by atoms with Gasteiger partial charge in [0.25, 0.3) is 5.91 Å². The summed E-state index contributed by atoms with van der Waals surface area (Å²) < 4.78 is 28.2. The van der Waals surface area contributed by atoms with Gasteiger partial charge in [0.2, 0.25) is 0 Å². The Bertz CT molecular complexity index is 1460. The summed E-state index contributed by atoms with van der Waals surface area (Å²) in [4.78, 5) is 17.2. The number of amides is 1. The molecule has 0 spiro atoms. The van der Waals surface area contributed by atoms with Gasteiger partial charge in [0.1, 0.15) is 5.82 Å². The lowest BCUT2D eigenvalue weighted by Gasteiger charge is -2.13. The zero-order valence-electron chi connectivity index (χ0n) is 18.0. The van der Waals surface area contributed by atoms with Crippen LogP contribution >= 0.6 is 11.3 Å². The fraction of sp³-hybridized carbons (Fsp3) is 0.0769. The number of benzene rings is 3. The van der Waals surface area contributed by atoms with Crippen LogP contribution in [-0.4, -0.2) is 22.0 Å². The van der Waals surface area contributed by atoms with E-state index in [1.807, 2.05) is 52.4 Å². The molecule has 0 fully saturated rings. The smallest absolute Gasteiger partial charge is 0.255 e. The summed E-state index contributed by atoms with van der Waals surface area (Å²) in [5.41, 5.74) is 5.71. The van der Waals surface area contributed by atoms with Crippen molar-refractivity contribution in [2.45, 2.75) is 6.54 Å². The Morgan fingerprint density at radius 2 is 1.82 bits per heavy atom. The maximum absolute atomic E-state index is 13.4. The number of rotatable bonds is 7. The number of halogens is 2. The number of anilines is 2. The van der Waals surface area contributed by atoms with Crippen LogP contribution in [0.3, 0.4) is 0 Å². The maximum Gasteiger partial charge on any atom is 0.255 e. The van der Waals surface area contributed by atoms with Crippen LogP contribution in [0.25, 0.3) is 27.3 Å². The first-order chi connectivity index (χ1) is 16.6. The van der Waals surface area contributed by atoms with Crippen LogP contribution in [0.2, 0.25) is 0 Å². The largest absolute Gasteiger partial charge is 0.379 e. The third-order valence-electron chi connectivity index (χ3n) is 5.43. The van der Waals surface area contributed by atoms with E-state index in [2.05, 4.69) is 10.6 Å². The Hall–Kier alpha value is -4.04. The summed E-state index contributed by atoms with van der Waals surface area (Å²) in [6.45, 7) is -0.580. The van der Waals surface area contributed by atoms with Crippen molar-refractivity contribution in [3.05, 3.63) is 95.9 Å². The van der Waals surface area contributed by atoms with Crippen LogP contribution < -0.4 is 10.6 Å². The van der Waals surface area contributed by atoms with Gasteiger partial charge in [-0.3, -0.25) is 9.20 Å². The summed E-state index contributed by atoms with van der Waals surface area (Å²) in [6, 6.07) is 21.4. The first-order valence-electron chi connectivity index (χ1n) is 10.6. The average molecular weight is 475 g/mol. The van der Waals surface area contributed by atoms with E-state index >= 15 is 0 Å². The van der Waals surface area contributed by atoms with E-state index in [0.717, 1.165) is 38.7 Å². The molecule has 0 aliphatic heterocycles. The Morgan fingerprint density at radius 1 is 1.00 bits per heavy atom. The fourth-order valence-electron chi connectivity index (χ4n) is 3.85. The first kappa shape index (κ1) is 21.8. The van der Waals surface area contributed by atoms with E-state index in [0.29, 0.717) is 12.2 Å². The molecule has 0 saturated carbocycles. The van der Waals surface area contributed by atoms with Crippen molar-refractivity contribution in [2.75, 3.05) is 17.3 Å². The SMILES string of the molecule is O=C(CF)Nc1ccccc1-c1cccc(NCc2c(-c3ccc(F)cc3)nc3sccn23)c1. The highest BCUT2D eigenvalue weighted by molar-refractivity contribution is 7.15. The van der Waals surface area contributed by atoms with Crippen LogP contribution in [0, 0.1) is 5.82 Å². The number of thiazole rings is 1. The highest BCUT2D eigenvalue weighted by Gasteiger charge is 2.15. The third-order valence-corrected chi connectivity index (χ3v) is 6.19. The van der Waals surface area contributed by atoms with Gasteiger partial charge in [0.15, 0.2) is 11.6 Å². The Balaban J connectivity index is 1.43. The van der Waals surface area contributed by atoms with Gasteiger partial charge in [0.05, 0.1) is 17.9 Å². The second-order valence-electron chi connectivity index (χ2n) is 7.63. The number of aromatic nitrogens is 2.